The monoisotopic (exact) mass is 310 g/mol. The van der Waals surface area contributed by atoms with Crippen molar-refractivity contribution in [1.82, 2.24) is 0 Å². The zero-order valence-electron chi connectivity index (χ0n) is 7.70. The van der Waals surface area contributed by atoms with Gasteiger partial charge in [0, 0.05) is 0 Å². The number of rotatable bonds is 1. The second-order valence-electron chi connectivity index (χ2n) is 2.54. The fraction of sp³-hybridized carbons (Fsp3) is 0. The fourth-order valence-corrected chi connectivity index (χ4v) is 1.22. The molecule has 1 aromatic carbocycles. The van der Waals surface area contributed by atoms with Gasteiger partial charge in [-0.2, -0.15) is 8.42 Å². The van der Waals surface area contributed by atoms with Crippen molar-refractivity contribution in [3.8, 4) is 0 Å². The molecule has 1 aromatic rings. The van der Waals surface area contributed by atoms with Crippen LogP contribution in [0.4, 0.5) is 25.4 Å². The number of hydrogen-bond donors (Lipinski definition) is 1. The Morgan fingerprint density at radius 1 is 1.00 bits per heavy atom. The molecule has 1 rings (SSSR count). The molecule has 0 aliphatic heterocycles. The van der Waals surface area contributed by atoms with Crippen LogP contribution in [0.2, 0.25) is 0 Å². The molecular formula is C6H6F6LiO3PS. The van der Waals surface area contributed by atoms with E-state index < -0.39 is 29.0 Å². The number of halogens is 6. The third-order valence-corrected chi connectivity index (χ3v) is 2.00. The van der Waals surface area contributed by atoms with Crippen LogP contribution in [0, 0.1) is 5.82 Å². The molecule has 0 amide bonds. The number of benzene rings is 1. The van der Waals surface area contributed by atoms with E-state index in [2.05, 4.69) is 0 Å². The van der Waals surface area contributed by atoms with E-state index in [0.717, 1.165) is 12.1 Å². The molecule has 0 aliphatic carbocycles. The Bertz CT molecular complexity index is 483. The minimum absolute atomic E-state index is 0. The predicted octanol–water partition coefficient (Wildman–Crippen LogP) is 3.39. The summed E-state index contributed by atoms with van der Waals surface area (Å²) in [5.74, 6) is -0.949. The predicted molar refractivity (Wildman–Crippen MR) is 55.8 cm³/mol. The zero-order valence-corrected chi connectivity index (χ0v) is 9.41. The van der Waals surface area contributed by atoms with Gasteiger partial charge in [-0.1, -0.05) is 12.1 Å². The van der Waals surface area contributed by atoms with E-state index in [1.54, 1.807) is 0 Å². The molecule has 1 N–H and O–H groups in total. The molecule has 0 radical (unpaired) electrons. The molecule has 0 saturated carbocycles. The van der Waals surface area contributed by atoms with Crippen molar-refractivity contribution in [2.75, 3.05) is 0 Å². The normalized spacial score (nSPS) is 13.4. The van der Waals surface area contributed by atoms with E-state index in [9.17, 15) is 33.8 Å². The van der Waals surface area contributed by atoms with Gasteiger partial charge in [0.2, 0.25) is 0 Å². The quantitative estimate of drug-likeness (QED) is 0.374. The molecule has 0 fully saturated rings. The first-order valence-electron chi connectivity index (χ1n) is 3.58. The Balaban J connectivity index is 0. The first-order chi connectivity index (χ1) is 7.25. The summed E-state index contributed by atoms with van der Waals surface area (Å²) in [6, 6.07) is 4.62. The zero-order chi connectivity index (χ0) is 13.9. The van der Waals surface area contributed by atoms with E-state index in [4.69, 9.17) is 4.55 Å². The van der Waals surface area contributed by atoms with E-state index in [0.29, 0.717) is 0 Å². The van der Waals surface area contributed by atoms with Crippen LogP contribution in [0.15, 0.2) is 29.2 Å². The van der Waals surface area contributed by atoms with Crippen molar-refractivity contribution in [2.45, 2.75) is 4.90 Å². The summed E-state index contributed by atoms with van der Waals surface area (Å²) in [4.78, 5) is -0.694. The van der Waals surface area contributed by atoms with Gasteiger partial charge in [0.25, 0.3) is 10.1 Å². The molecule has 0 bridgehead atoms. The van der Waals surface area contributed by atoms with Crippen molar-refractivity contribution in [2.24, 2.45) is 0 Å². The van der Waals surface area contributed by atoms with Crippen molar-refractivity contribution < 1.29 is 38.3 Å². The van der Waals surface area contributed by atoms with Crippen molar-refractivity contribution in [1.29, 1.82) is 0 Å². The summed E-state index contributed by atoms with van der Waals surface area (Å²) in [7, 11) is -13.0. The summed E-state index contributed by atoms with van der Waals surface area (Å²) in [5.41, 5.74) is 0. The third-order valence-electron chi connectivity index (χ3n) is 1.11. The first-order valence-corrected chi connectivity index (χ1v) is 6.71. The average molecular weight is 310 g/mol. The molecule has 0 aliphatic rings. The van der Waals surface area contributed by atoms with E-state index >= 15 is 0 Å². The van der Waals surface area contributed by atoms with Crippen LogP contribution in [0.5, 0.6) is 0 Å². The molecule has 12 heteroatoms. The Hall–Kier alpha value is -0.263. The Labute approximate surface area is 111 Å². The van der Waals surface area contributed by atoms with Gasteiger partial charge in [0.1, 0.15) is 10.7 Å². The molecule has 0 heterocycles. The van der Waals surface area contributed by atoms with Crippen LogP contribution in [-0.2, 0) is 10.1 Å². The molecule has 0 saturated heterocycles. The summed E-state index contributed by atoms with van der Waals surface area (Å²) in [5, 5.41) is 0. The number of hydrogen-bond acceptors (Lipinski definition) is 2. The molecular weight excluding hydrogens is 304 g/mol. The van der Waals surface area contributed by atoms with Gasteiger partial charge in [0.15, 0.2) is 0 Å². The molecule has 0 aromatic heterocycles. The van der Waals surface area contributed by atoms with Gasteiger partial charge < -0.3 is 0 Å². The third kappa shape index (κ3) is 12.2. The second-order valence-corrected chi connectivity index (χ2v) is 5.21. The van der Waals surface area contributed by atoms with Gasteiger partial charge in [-0.15, -0.1) is 0 Å². The van der Waals surface area contributed by atoms with Gasteiger partial charge in [-0.25, -0.2) is 4.39 Å². The van der Waals surface area contributed by atoms with Crippen molar-refractivity contribution >= 4 is 37.1 Å². The van der Waals surface area contributed by atoms with E-state index in [1.165, 1.54) is 12.1 Å². The molecule has 18 heavy (non-hydrogen) atoms. The van der Waals surface area contributed by atoms with Crippen LogP contribution >= 0.6 is 8.16 Å². The van der Waals surface area contributed by atoms with Crippen LogP contribution < -0.4 is 0 Å². The topological polar surface area (TPSA) is 54.4 Å². The average Bonchev–Trinajstić information content (AvgIpc) is 1.97. The second kappa shape index (κ2) is 6.26. The molecule has 0 unspecified atom stereocenters. The van der Waals surface area contributed by atoms with Crippen LogP contribution in [0.3, 0.4) is 0 Å². The minimum atomic E-state index is -8.55. The van der Waals surface area contributed by atoms with Gasteiger partial charge in [-0.05, 0) is 12.1 Å². The van der Waals surface area contributed by atoms with Crippen molar-refractivity contribution in [3.05, 3.63) is 30.1 Å². The van der Waals surface area contributed by atoms with E-state index in [1.807, 2.05) is 0 Å². The fourth-order valence-electron chi connectivity index (χ4n) is 0.654. The first kappa shape index (κ1) is 20.1. The van der Waals surface area contributed by atoms with E-state index in [-0.39, 0.29) is 18.9 Å². The Morgan fingerprint density at radius 3 is 1.56 bits per heavy atom. The molecule has 3 nitrogen and oxygen atoms in total. The molecule has 0 atom stereocenters. The van der Waals surface area contributed by atoms with Gasteiger partial charge >= 0.3 is 48.0 Å². The standard InChI is InChI=1S/C6H5FO3S.F5P.Li.H/c7-5-3-1-2-4-6(5)11(8,9)10;1-6(2,3,4)5;;/h1-4H,(H,8,9,10);;;. The van der Waals surface area contributed by atoms with Gasteiger partial charge in [-0.3, -0.25) is 4.55 Å². The van der Waals surface area contributed by atoms with Crippen LogP contribution in [0.25, 0.3) is 0 Å². The maximum atomic E-state index is 12.5. The Kier molecular flexibility index (Phi) is 6.98. The molecule has 102 valence electrons. The molecule has 0 spiro atoms. The summed E-state index contributed by atoms with van der Waals surface area (Å²) < 4.78 is 90.9. The SMILES string of the molecule is FP(F)(F)(F)F.O=S(=O)(O)c1ccccc1F.[LiH]. The summed E-state index contributed by atoms with van der Waals surface area (Å²) in [6.07, 6.45) is 0. The maximum absolute atomic E-state index is 12.5. The van der Waals surface area contributed by atoms with Gasteiger partial charge in [0.05, 0.1) is 0 Å². The van der Waals surface area contributed by atoms with Crippen LogP contribution in [0.1, 0.15) is 0 Å². The summed E-state index contributed by atoms with van der Waals surface area (Å²) >= 11 is 0. The summed E-state index contributed by atoms with van der Waals surface area (Å²) in [6.45, 7) is 0. The van der Waals surface area contributed by atoms with Crippen molar-refractivity contribution in [3.63, 3.8) is 0 Å². The Morgan fingerprint density at radius 2 is 1.33 bits per heavy atom. The van der Waals surface area contributed by atoms with Crippen LogP contribution in [-0.4, -0.2) is 31.8 Å².